The van der Waals surface area contributed by atoms with Crippen LogP contribution in [0.5, 0.6) is 5.75 Å². The van der Waals surface area contributed by atoms with Gasteiger partial charge in [0.2, 0.25) is 0 Å². The van der Waals surface area contributed by atoms with E-state index in [1.54, 1.807) is 0 Å². The molecule has 178 valence electrons. The lowest BCUT2D eigenvalue weighted by Crippen LogP contribution is -2.35. The Morgan fingerprint density at radius 3 is 2.27 bits per heavy atom. The van der Waals surface area contributed by atoms with Crippen LogP contribution < -0.4 is 4.74 Å². The maximum Gasteiger partial charge on any atom is 0.253 e. The van der Waals surface area contributed by atoms with Crippen molar-refractivity contribution in [3.8, 4) is 5.75 Å². The van der Waals surface area contributed by atoms with E-state index in [-0.39, 0.29) is 5.91 Å². The molecule has 2 saturated heterocycles. The molecule has 4 rings (SSSR count). The third-order valence-electron chi connectivity index (χ3n) is 6.63. The topological polar surface area (TPSA) is 36.0 Å². The second-order valence-corrected chi connectivity index (χ2v) is 10.1. The van der Waals surface area contributed by atoms with Gasteiger partial charge in [-0.15, -0.1) is 0 Å². The summed E-state index contributed by atoms with van der Waals surface area (Å²) in [6.07, 6.45) is 6.17. The largest absolute Gasteiger partial charge is 0.494 e. The molecule has 0 atom stereocenters. The summed E-state index contributed by atoms with van der Waals surface area (Å²) in [6, 6.07) is 16.2. The quantitative estimate of drug-likeness (QED) is 0.462. The highest BCUT2D eigenvalue weighted by Gasteiger charge is 2.20. The van der Waals surface area contributed by atoms with Crippen LogP contribution in [0.3, 0.4) is 0 Å². The predicted molar refractivity (Wildman–Crippen MR) is 137 cm³/mol. The lowest BCUT2D eigenvalue weighted by Gasteiger charge is -2.26. The number of hydrogen-bond donors (Lipinski definition) is 0. The van der Waals surface area contributed by atoms with Gasteiger partial charge in [-0.3, -0.25) is 9.69 Å². The lowest BCUT2D eigenvalue weighted by molar-refractivity contribution is 0.0761. The average Bonchev–Trinajstić information content (AvgIpc) is 3.09. The predicted octanol–water partition coefficient (Wildman–Crippen LogP) is 5.05. The molecule has 1 amide bonds. The van der Waals surface area contributed by atoms with Crippen LogP contribution in [-0.2, 0) is 6.54 Å². The third-order valence-corrected chi connectivity index (χ3v) is 7.16. The van der Waals surface area contributed by atoms with E-state index in [0.29, 0.717) is 0 Å². The molecule has 2 aromatic carbocycles. The Morgan fingerprint density at radius 1 is 0.788 bits per heavy atom. The first-order valence-corrected chi connectivity index (χ1v) is 13.2. The number of likely N-dealkylation sites (tertiary alicyclic amines) is 1. The van der Waals surface area contributed by atoms with Gasteiger partial charge in [0.15, 0.2) is 0 Å². The molecule has 0 unspecified atom stereocenters. The Morgan fingerprint density at radius 2 is 1.52 bits per heavy atom. The van der Waals surface area contributed by atoms with E-state index in [2.05, 4.69) is 50.0 Å². The second kappa shape index (κ2) is 12.5. The van der Waals surface area contributed by atoms with Gasteiger partial charge >= 0.3 is 0 Å². The summed E-state index contributed by atoms with van der Waals surface area (Å²) in [4.78, 5) is 19.8. The molecule has 33 heavy (non-hydrogen) atoms. The fourth-order valence-corrected chi connectivity index (χ4v) is 4.98. The molecule has 2 heterocycles. The standard InChI is InChI=1S/C27H36BrN3O2/c28-25-10-8-24(9-11-25)27(32)31-18-4-16-30(19-20-31)22-23-6-12-26(13-7-23)33-21-5-17-29-14-2-1-3-15-29/h6-13H,1-5,14-22H2. The minimum absolute atomic E-state index is 0.131. The molecule has 2 fully saturated rings. The molecule has 2 aromatic rings. The summed E-state index contributed by atoms with van der Waals surface area (Å²) in [6.45, 7) is 8.84. The van der Waals surface area contributed by atoms with E-state index in [1.807, 2.05) is 29.2 Å². The smallest absolute Gasteiger partial charge is 0.253 e. The number of halogens is 1. The monoisotopic (exact) mass is 513 g/mol. The number of benzene rings is 2. The van der Waals surface area contributed by atoms with Crippen LogP contribution in [0.4, 0.5) is 0 Å². The number of amides is 1. The Hall–Kier alpha value is -1.89. The van der Waals surface area contributed by atoms with Crippen molar-refractivity contribution >= 4 is 21.8 Å². The van der Waals surface area contributed by atoms with Crippen molar-refractivity contribution in [2.24, 2.45) is 0 Å². The number of nitrogens with zero attached hydrogens (tertiary/aromatic N) is 3. The summed E-state index contributed by atoms with van der Waals surface area (Å²) in [7, 11) is 0. The Kier molecular flexibility index (Phi) is 9.21. The van der Waals surface area contributed by atoms with Crippen LogP contribution in [0.1, 0.15) is 48.0 Å². The van der Waals surface area contributed by atoms with E-state index >= 15 is 0 Å². The zero-order chi connectivity index (χ0) is 22.9. The first kappa shape index (κ1) is 24.2. The first-order valence-electron chi connectivity index (χ1n) is 12.4. The van der Waals surface area contributed by atoms with Crippen molar-refractivity contribution < 1.29 is 9.53 Å². The highest BCUT2D eigenvalue weighted by Crippen LogP contribution is 2.17. The number of hydrogen-bond acceptors (Lipinski definition) is 4. The van der Waals surface area contributed by atoms with Crippen LogP contribution in [0, 0.1) is 0 Å². The zero-order valence-electron chi connectivity index (χ0n) is 19.6. The van der Waals surface area contributed by atoms with Gasteiger partial charge in [-0.25, -0.2) is 0 Å². The van der Waals surface area contributed by atoms with Crippen molar-refractivity contribution in [2.45, 2.75) is 38.6 Å². The van der Waals surface area contributed by atoms with Gasteiger partial charge in [0.1, 0.15) is 5.75 Å². The Bertz CT molecular complexity index is 866. The van der Waals surface area contributed by atoms with E-state index in [4.69, 9.17) is 4.74 Å². The van der Waals surface area contributed by atoms with Crippen molar-refractivity contribution in [1.82, 2.24) is 14.7 Å². The number of carbonyl (C=O) groups is 1. The normalized spacial score (nSPS) is 18.2. The fourth-order valence-electron chi connectivity index (χ4n) is 4.72. The van der Waals surface area contributed by atoms with E-state index in [9.17, 15) is 4.79 Å². The summed E-state index contributed by atoms with van der Waals surface area (Å²) < 4.78 is 6.96. The van der Waals surface area contributed by atoms with Gasteiger partial charge in [-0.05, 0) is 80.7 Å². The Labute approximate surface area is 206 Å². The summed E-state index contributed by atoms with van der Waals surface area (Å²) >= 11 is 3.44. The fraction of sp³-hybridized carbons (Fsp3) is 0.519. The van der Waals surface area contributed by atoms with Gasteiger partial charge < -0.3 is 14.5 Å². The maximum atomic E-state index is 12.8. The highest BCUT2D eigenvalue weighted by molar-refractivity contribution is 9.10. The lowest BCUT2D eigenvalue weighted by atomic mass is 10.1. The highest BCUT2D eigenvalue weighted by atomic mass is 79.9. The van der Waals surface area contributed by atoms with E-state index in [0.717, 1.165) is 74.5 Å². The molecule has 5 nitrogen and oxygen atoms in total. The van der Waals surface area contributed by atoms with Gasteiger partial charge in [0, 0.05) is 49.3 Å². The van der Waals surface area contributed by atoms with Crippen LogP contribution in [0.2, 0.25) is 0 Å². The van der Waals surface area contributed by atoms with Crippen LogP contribution in [0.15, 0.2) is 53.0 Å². The minimum atomic E-state index is 0.131. The van der Waals surface area contributed by atoms with Gasteiger partial charge in [0.25, 0.3) is 5.91 Å². The third kappa shape index (κ3) is 7.56. The molecule has 6 heteroatoms. The molecule has 0 radical (unpaired) electrons. The van der Waals surface area contributed by atoms with Crippen LogP contribution in [-0.4, -0.2) is 73.0 Å². The minimum Gasteiger partial charge on any atom is -0.494 e. The molecule has 0 spiro atoms. The summed E-state index contributed by atoms with van der Waals surface area (Å²) in [5, 5.41) is 0. The number of carbonyl (C=O) groups excluding carboxylic acids is 1. The number of rotatable bonds is 8. The molecule has 0 saturated carbocycles. The number of ether oxygens (including phenoxy) is 1. The first-order chi connectivity index (χ1) is 16.2. The van der Waals surface area contributed by atoms with Crippen molar-refractivity contribution in [2.75, 3.05) is 52.4 Å². The second-order valence-electron chi connectivity index (χ2n) is 9.18. The van der Waals surface area contributed by atoms with E-state index in [1.165, 1.54) is 37.9 Å². The zero-order valence-corrected chi connectivity index (χ0v) is 21.1. The van der Waals surface area contributed by atoms with Crippen molar-refractivity contribution in [3.05, 3.63) is 64.1 Å². The van der Waals surface area contributed by atoms with Crippen molar-refractivity contribution in [3.63, 3.8) is 0 Å². The summed E-state index contributed by atoms with van der Waals surface area (Å²) in [5.74, 6) is 1.09. The molecule has 2 aliphatic rings. The molecule has 0 aliphatic carbocycles. The SMILES string of the molecule is O=C(c1ccc(Br)cc1)N1CCCN(Cc2ccc(OCCCN3CCCCC3)cc2)CC1. The summed E-state index contributed by atoms with van der Waals surface area (Å²) in [5.41, 5.74) is 2.06. The molecular formula is C27H36BrN3O2. The molecule has 0 N–H and O–H groups in total. The molecule has 2 aliphatic heterocycles. The molecule has 0 bridgehead atoms. The molecule has 0 aromatic heterocycles. The average molecular weight is 515 g/mol. The number of piperidine rings is 1. The van der Waals surface area contributed by atoms with Crippen LogP contribution >= 0.6 is 15.9 Å². The van der Waals surface area contributed by atoms with Crippen LogP contribution in [0.25, 0.3) is 0 Å². The van der Waals surface area contributed by atoms with Gasteiger partial charge in [0.05, 0.1) is 6.61 Å². The van der Waals surface area contributed by atoms with Crippen molar-refractivity contribution in [1.29, 1.82) is 0 Å². The Balaban J connectivity index is 1.19. The van der Waals surface area contributed by atoms with E-state index < -0.39 is 0 Å². The van der Waals surface area contributed by atoms with Gasteiger partial charge in [-0.1, -0.05) is 34.5 Å². The van der Waals surface area contributed by atoms with Gasteiger partial charge in [-0.2, -0.15) is 0 Å². The molecular weight excluding hydrogens is 478 g/mol. The maximum absolute atomic E-state index is 12.8.